The van der Waals surface area contributed by atoms with E-state index in [1.165, 1.54) is 0 Å². The molecule has 0 aliphatic rings. The third kappa shape index (κ3) is 2.99. The van der Waals surface area contributed by atoms with Crippen LogP contribution in [0, 0.1) is 12.8 Å². The first-order chi connectivity index (χ1) is 7.56. The van der Waals surface area contributed by atoms with Crippen molar-refractivity contribution in [3.63, 3.8) is 0 Å². The van der Waals surface area contributed by atoms with Crippen LogP contribution in [0.3, 0.4) is 0 Å². The lowest BCUT2D eigenvalue weighted by molar-refractivity contribution is 0.0945. The molecule has 1 unspecified atom stereocenters. The average Bonchev–Trinajstić information content (AvgIpc) is 2.29. The number of rotatable bonds is 4. The van der Waals surface area contributed by atoms with Gasteiger partial charge in [-0.15, -0.1) is 0 Å². The summed E-state index contributed by atoms with van der Waals surface area (Å²) >= 11 is 0. The Morgan fingerprint density at radius 2 is 2.19 bits per heavy atom. The summed E-state index contributed by atoms with van der Waals surface area (Å²) in [7, 11) is 0. The lowest BCUT2D eigenvalue weighted by Gasteiger charge is -2.11. The first-order valence-electron chi connectivity index (χ1n) is 5.63. The fraction of sp³-hybridized carbons (Fsp3) is 0.462. The van der Waals surface area contributed by atoms with Gasteiger partial charge in [-0.3, -0.25) is 4.79 Å². The highest BCUT2D eigenvalue weighted by Crippen LogP contribution is 2.21. The van der Waals surface area contributed by atoms with E-state index in [1.54, 1.807) is 25.1 Å². The van der Waals surface area contributed by atoms with Gasteiger partial charge in [-0.1, -0.05) is 32.4 Å². The van der Waals surface area contributed by atoms with Crippen LogP contribution >= 0.6 is 0 Å². The van der Waals surface area contributed by atoms with Crippen molar-refractivity contribution < 1.29 is 9.90 Å². The van der Waals surface area contributed by atoms with Crippen molar-refractivity contribution in [1.82, 2.24) is 5.32 Å². The van der Waals surface area contributed by atoms with Crippen molar-refractivity contribution in [2.24, 2.45) is 5.92 Å². The maximum Gasteiger partial charge on any atom is 0.255 e. The van der Waals surface area contributed by atoms with E-state index in [4.69, 9.17) is 0 Å². The summed E-state index contributed by atoms with van der Waals surface area (Å²) in [5.74, 6) is 0.321. The number of phenols is 1. The van der Waals surface area contributed by atoms with Crippen molar-refractivity contribution in [3.8, 4) is 5.75 Å². The minimum Gasteiger partial charge on any atom is -0.507 e. The third-order valence-electron chi connectivity index (χ3n) is 2.79. The first kappa shape index (κ1) is 12.6. The molecule has 0 saturated heterocycles. The predicted molar refractivity (Wildman–Crippen MR) is 64.6 cm³/mol. The number of benzene rings is 1. The van der Waals surface area contributed by atoms with Crippen LogP contribution in [0.1, 0.15) is 36.2 Å². The second kappa shape index (κ2) is 5.54. The van der Waals surface area contributed by atoms with Crippen molar-refractivity contribution in [2.75, 3.05) is 6.54 Å². The summed E-state index contributed by atoms with van der Waals surface area (Å²) in [4.78, 5) is 11.8. The minimum absolute atomic E-state index is 0.0733. The topological polar surface area (TPSA) is 49.3 Å². The zero-order valence-electron chi connectivity index (χ0n) is 10.1. The summed E-state index contributed by atoms with van der Waals surface area (Å²) in [6, 6.07) is 5.18. The van der Waals surface area contributed by atoms with Gasteiger partial charge in [-0.2, -0.15) is 0 Å². The Bertz CT molecular complexity index is 374. The van der Waals surface area contributed by atoms with Crippen molar-refractivity contribution in [3.05, 3.63) is 29.3 Å². The molecule has 2 N–H and O–H groups in total. The van der Waals surface area contributed by atoms with E-state index in [2.05, 4.69) is 19.2 Å². The Morgan fingerprint density at radius 1 is 1.50 bits per heavy atom. The Hall–Kier alpha value is -1.51. The minimum atomic E-state index is -0.207. The highest BCUT2D eigenvalue weighted by atomic mass is 16.3. The number of para-hydroxylation sites is 1. The van der Waals surface area contributed by atoms with E-state index in [9.17, 15) is 9.90 Å². The molecule has 0 aliphatic heterocycles. The molecule has 1 aromatic rings. The maximum atomic E-state index is 11.8. The van der Waals surface area contributed by atoms with Crippen LogP contribution in [0.4, 0.5) is 0 Å². The molecule has 3 nitrogen and oxygen atoms in total. The normalized spacial score (nSPS) is 12.2. The maximum absolute atomic E-state index is 11.8. The molecule has 1 atom stereocenters. The number of phenolic OH excluding ortho intramolecular Hbond substituents is 1. The van der Waals surface area contributed by atoms with Gasteiger partial charge in [-0.05, 0) is 24.5 Å². The van der Waals surface area contributed by atoms with Crippen LogP contribution in [0.15, 0.2) is 18.2 Å². The average molecular weight is 221 g/mol. The molecule has 0 aliphatic carbocycles. The highest BCUT2D eigenvalue weighted by molar-refractivity contribution is 5.97. The van der Waals surface area contributed by atoms with Crippen molar-refractivity contribution in [1.29, 1.82) is 0 Å². The van der Waals surface area contributed by atoms with Gasteiger partial charge in [0.05, 0.1) is 5.56 Å². The lowest BCUT2D eigenvalue weighted by atomic mass is 10.1. The Balaban J connectivity index is 2.70. The number of amides is 1. The monoisotopic (exact) mass is 221 g/mol. The summed E-state index contributed by atoms with van der Waals surface area (Å²) < 4.78 is 0. The van der Waals surface area contributed by atoms with Gasteiger partial charge in [0.2, 0.25) is 0 Å². The molecule has 0 radical (unpaired) electrons. The van der Waals surface area contributed by atoms with E-state index in [1.807, 2.05) is 0 Å². The number of hydrogen-bond acceptors (Lipinski definition) is 2. The second-order valence-corrected chi connectivity index (χ2v) is 4.19. The zero-order chi connectivity index (χ0) is 12.1. The van der Waals surface area contributed by atoms with Gasteiger partial charge in [0.1, 0.15) is 5.75 Å². The molecule has 3 heteroatoms. The van der Waals surface area contributed by atoms with Crippen LogP contribution < -0.4 is 5.32 Å². The van der Waals surface area contributed by atoms with Gasteiger partial charge in [0, 0.05) is 6.54 Å². The van der Waals surface area contributed by atoms with Gasteiger partial charge in [0.25, 0.3) is 5.91 Å². The molecule has 88 valence electrons. The number of carbonyl (C=O) groups excluding carboxylic acids is 1. The predicted octanol–water partition coefficient (Wildman–Crippen LogP) is 2.48. The van der Waals surface area contributed by atoms with Gasteiger partial charge < -0.3 is 10.4 Å². The summed E-state index contributed by atoms with van der Waals surface area (Å²) in [6.45, 7) is 6.58. The highest BCUT2D eigenvalue weighted by Gasteiger charge is 2.12. The van der Waals surface area contributed by atoms with E-state index in [0.29, 0.717) is 18.0 Å². The summed E-state index contributed by atoms with van der Waals surface area (Å²) in [6.07, 6.45) is 1.03. The van der Waals surface area contributed by atoms with Crippen LogP contribution in [-0.2, 0) is 0 Å². The van der Waals surface area contributed by atoms with E-state index < -0.39 is 0 Å². The molecule has 1 amide bonds. The first-order valence-corrected chi connectivity index (χ1v) is 5.63. The third-order valence-corrected chi connectivity index (χ3v) is 2.79. The lowest BCUT2D eigenvalue weighted by Crippen LogP contribution is -2.28. The number of aromatic hydroxyl groups is 1. The number of nitrogens with one attached hydrogen (secondary N) is 1. The molecule has 0 spiro atoms. The largest absolute Gasteiger partial charge is 0.507 e. The zero-order valence-corrected chi connectivity index (χ0v) is 10.1. The van der Waals surface area contributed by atoms with E-state index in [-0.39, 0.29) is 11.7 Å². The van der Waals surface area contributed by atoms with Crippen LogP contribution in [0.5, 0.6) is 5.75 Å². The van der Waals surface area contributed by atoms with Crippen molar-refractivity contribution in [2.45, 2.75) is 27.2 Å². The number of hydrogen-bond donors (Lipinski definition) is 2. The molecule has 1 rings (SSSR count). The molecule has 0 heterocycles. The molecule has 0 bridgehead atoms. The molecular formula is C13H19NO2. The van der Waals surface area contributed by atoms with Crippen LogP contribution in [0.2, 0.25) is 0 Å². The summed E-state index contributed by atoms with van der Waals surface area (Å²) in [5, 5.41) is 12.5. The van der Waals surface area contributed by atoms with Gasteiger partial charge in [0.15, 0.2) is 0 Å². The SMILES string of the molecule is CCC(C)CNC(=O)c1cccc(C)c1O. The molecule has 0 fully saturated rings. The van der Waals surface area contributed by atoms with E-state index in [0.717, 1.165) is 12.0 Å². The van der Waals surface area contributed by atoms with Crippen molar-refractivity contribution >= 4 is 5.91 Å². The molecular weight excluding hydrogens is 202 g/mol. The Kier molecular flexibility index (Phi) is 4.35. The molecule has 0 saturated carbocycles. The smallest absolute Gasteiger partial charge is 0.255 e. The fourth-order valence-corrected chi connectivity index (χ4v) is 1.35. The van der Waals surface area contributed by atoms with Crippen LogP contribution in [0.25, 0.3) is 0 Å². The fourth-order valence-electron chi connectivity index (χ4n) is 1.35. The van der Waals surface area contributed by atoms with Crippen LogP contribution in [-0.4, -0.2) is 17.6 Å². The standard InChI is InChI=1S/C13H19NO2/c1-4-9(2)8-14-13(16)11-7-5-6-10(3)12(11)15/h5-7,9,15H,4,8H2,1-3H3,(H,14,16). The van der Waals surface area contributed by atoms with Gasteiger partial charge >= 0.3 is 0 Å². The molecule has 0 aromatic heterocycles. The van der Waals surface area contributed by atoms with E-state index >= 15 is 0 Å². The Labute approximate surface area is 96.5 Å². The Morgan fingerprint density at radius 3 is 2.81 bits per heavy atom. The second-order valence-electron chi connectivity index (χ2n) is 4.19. The number of carbonyl (C=O) groups is 1. The summed E-state index contributed by atoms with van der Waals surface area (Å²) in [5.41, 5.74) is 1.07. The number of aryl methyl sites for hydroxylation is 1. The quantitative estimate of drug-likeness (QED) is 0.820. The van der Waals surface area contributed by atoms with Gasteiger partial charge in [-0.25, -0.2) is 0 Å². The molecule has 1 aromatic carbocycles. The molecule has 16 heavy (non-hydrogen) atoms.